The van der Waals surface area contributed by atoms with Crippen LogP contribution in [0, 0.1) is 11.3 Å². The van der Waals surface area contributed by atoms with E-state index in [4.69, 9.17) is 9.47 Å². The molecule has 4 rings (SSSR count). The predicted octanol–water partition coefficient (Wildman–Crippen LogP) is 0.236. The number of hydrogen-bond donors (Lipinski definition) is 1. The Morgan fingerprint density at radius 3 is 2.62 bits per heavy atom. The Kier molecular flexibility index (Phi) is 4.13. The van der Waals surface area contributed by atoms with Crippen molar-refractivity contribution in [3.63, 3.8) is 0 Å². The predicted molar refractivity (Wildman–Crippen MR) is 92.7 cm³/mol. The molecule has 2 atom stereocenters. The second-order valence-electron chi connectivity index (χ2n) is 7.36. The van der Waals surface area contributed by atoms with Crippen LogP contribution < -0.4 is 9.47 Å². The minimum atomic E-state index is -3.38. The molecule has 1 aromatic carbocycles. The van der Waals surface area contributed by atoms with Crippen molar-refractivity contribution >= 4 is 16.0 Å². The summed E-state index contributed by atoms with van der Waals surface area (Å²) < 4.78 is 36.1. The van der Waals surface area contributed by atoms with E-state index in [1.807, 2.05) is 18.2 Å². The van der Waals surface area contributed by atoms with Crippen molar-refractivity contribution < 1.29 is 27.8 Å². The second kappa shape index (κ2) is 6.11. The molecule has 2 fully saturated rings. The molecule has 0 unspecified atom stereocenters. The monoisotopic (exact) mass is 382 g/mol. The van der Waals surface area contributed by atoms with Crippen LogP contribution in [-0.2, 0) is 21.4 Å². The molecule has 3 heterocycles. The zero-order valence-electron chi connectivity index (χ0n) is 14.6. The number of carbonyl (C=O) groups is 1. The maximum Gasteiger partial charge on any atom is 0.312 e. The maximum atomic E-state index is 12.0. The highest BCUT2D eigenvalue weighted by Crippen LogP contribution is 2.44. The third kappa shape index (κ3) is 2.93. The van der Waals surface area contributed by atoms with E-state index >= 15 is 0 Å². The first-order chi connectivity index (χ1) is 12.3. The normalized spacial score (nSPS) is 28.9. The quantitative estimate of drug-likeness (QED) is 0.797. The third-order valence-corrected chi connectivity index (χ3v) is 6.77. The molecular weight excluding hydrogens is 360 g/mol. The van der Waals surface area contributed by atoms with Crippen molar-refractivity contribution in [3.8, 4) is 11.5 Å². The lowest BCUT2D eigenvalue weighted by molar-refractivity contribution is -0.148. The van der Waals surface area contributed by atoms with Crippen molar-refractivity contribution in [1.82, 2.24) is 9.21 Å². The molecule has 9 heteroatoms. The molecular formula is C17H22N2O6S. The number of rotatable bonds is 4. The Morgan fingerprint density at radius 2 is 1.96 bits per heavy atom. The Labute approximate surface area is 152 Å². The zero-order valence-corrected chi connectivity index (χ0v) is 15.4. The number of benzene rings is 1. The summed E-state index contributed by atoms with van der Waals surface area (Å²) in [6.45, 7) is 2.87. The fraction of sp³-hybridized carbons (Fsp3) is 0.588. The van der Waals surface area contributed by atoms with Crippen LogP contribution in [0.2, 0.25) is 0 Å². The van der Waals surface area contributed by atoms with Crippen LogP contribution in [0.25, 0.3) is 0 Å². The molecule has 0 radical (unpaired) electrons. The van der Waals surface area contributed by atoms with Gasteiger partial charge in [0.05, 0.1) is 11.7 Å². The van der Waals surface area contributed by atoms with Crippen LogP contribution in [0.15, 0.2) is 18.2 Å². The first kappa shape index (κ1) is 17.6. The van der Waals surface area contributed by atoms with Crippen LogP contribution in [0.5, 0.6) is 11.5 Å². The minimum absolute atomic E-state index is 0.0451. The number of ether oxygens (including phenoxy) is 2. The number of sulfonamides is 1. The fourth-order valence-corrected chi connectivity index (χ4v) is 5.16. The lowest BCUT2D eigenvalue weighted by Gasteiger charge is -2.25. The lowest BCUT2D eigenvalue weighted by Crippen LogP contribution is -2.41. The summed E-state index contributed by atoms with van der Waals surface area (Å²) in [5.74, 6) is 0.318. The molecule has 2 saturated heterocycles. The number of aliphatic carboxylic acids is 1. The summed E-state index contributed by atoms with van der Waals surface area (Å²) in [6, 6.07) is 5.76. The van der Waals surface area contributed by atoms with Gasteiger partial charge in [0.2, 0.25) is 10.0 Å². The topological polar surface area (TPSA) is 96.4 Å². The first-order valence-electron chi connectivity index (χ1n) is 8.57. The van der Waals surface area contributed by atoms with Crippen LogP contribution in [-0.4, -0.2) is 74.3 Å². The van der Waals surface area contributed by atoms with E-state index in [0.717, 1.165) is 17.6 Å². The van der Waals surface area contributed by atoms with Crippen molar-refractivity contribution in [2.24, 2.45) is 11.3 Å². The van der Waals surface area contributed by atoms with Gasteiger partial charge in [0.15, 0.2) is 11.5 Å². The largest absolute Gasteiger partial charge is 0.486 e. The molecule has 3 aliphatic heterocycles. The number of carboxylic acids is 1. The third-order valence-electron chi connectivity index (χ3n) is 5.56. The Morgan fingerprint density at radius 1 is 1.23 bits per heavy atom. The maximum absolute atomic E-state index is 12.0. The van der Waals surface area contributed by atoms with Crippen LogP contribution in [0.4, 0.5) is 0 Å². The van der Waals surface area contributed by atoms with Gasteiger partial charge in [-0.1, -0.05) is 6.07 Å². The van der Waals surface area contributed by atoms with Crippen molar-refractivity contribution in [2.45, 2.75) is 6.54 Å². The molecule has 3 aliphatic rings. The highest BCUT2D eigenvalue weighted by atomic mass is 32.2. The summed E-state index contributed by atoms with van der Waals surface area (Å²) in [4.78, 5) is 14.1. The number of hydrogen-bond acceptors (Lipinski definition) is 6. The van der Waals surface area contributed by atoms with Gasteiger partial charge in [-0.15, -0.1) is 0 Å². The highest BCUT2D eigenvalue weighted by molar-refractivity contribution is 7.88. The lowest BCUT2D eigenvalue weighted by atomic mass is 9.81. The van der Waals surface area contributed by atoms with E-state index in [1.165, 1.54) is 4.31 Å². The molecule has 0 saturated carbocycles. The number of carboxylic acid groups (broad SMARTS) is 1. The van der Waals surface area contributed by atoms with Crippen molar-refractivity contribution in [3.05, 3.63) is 23.8 Å². The number of likely N-dealkylation sites (tertiary alicyclic amines) is 1. The van der Waals surface area contributed by atoms with Gasteiger partial charge >= 0.3 is 5.97 Å². The summed E-state index contributed by atoms with van der Waals surface area (Å²) in [5, 5.41) is 9.81. The summed E-state index contributed by atoms with van der Waals surface area (Å²) in [5.41, 5.74) is -0.00795. The Balaban J connectivity index is 1.51. The summed E-state index contributed by atoms with van der Waals surface area (Å²) in [7, 11) is -3.38. The average Bonchev–Trinajstić information content (AvgIpc) is 3.09. The minimum Gasteiger partial charge on any atom is -0.486 e. The highest BCUT2D eigenvalue weighted by Gasteiger charge is 2.59. The Hall–Kier alpha value is -1.84. The standard InChI is InChI=1S/C17H22N2O6S/c1-26(22,23)19-9-13-8-18(10-17(13,11-19)16(20)21)7-12-2-3-14-15(6-12)25-5-4-24-14/h2-3,6,13H,4-5,7-11H2,1H3,(H,20,21)/t13-,17-/m1/s1. The van der Waals surface area contributed by atoms with Gasteiger partial charge in [-0.3, -0.25) is 9.69 Å². The smallest absolute Gasteiger partial charge is 0.312 e. The van der Waals surface area contributed by atoms with E-state index in [0.29, 0.717) is 38.6 Å². The first-order valence-corrected chi connectivity index (χ1v) is 10.4. The van der Waals surface area contributed by atoms with Crippen molar-refractivity contribution in [2.75, 3.05) is 45.6 Å². The van der Waals surface area contributed by atoms with E-state index < -0.39 is 21.4 Å². The second-order valence-corrected chi connectivity index (χ2v) is 9.34. The molecule has 142 valence electrons. The molecule has 26 heavy (non-hydrogen) atoms. The van der Waals surface area contributed by atoms with Gasteiger partial charge < -0.3 is 14.6 Å². The van der Waals surface area contributed by atoms with Crippen LogP contribution >= 0.6 is 0 Å². The molecule has 1 N–H and O–H groups in total. The van der Waals surface area contributed by atoms with Gasteiger partial charge in [0, 0.05) is 38.6 Å². The van der Waals surface area contributed by atoms with Gasteiger partial charge in [0.25, 0.3) is 0 Å². The van der Waals surface area contributed by atoms with Gasteiger partial charge in [0.1, 0.15) is 13.2 Å². The summed E-state index contributed by atoms with van der Waals surface area (Å²) >= 11 is 0. The molecule has 8 nitrogen and oxygen atoms in total. The molecule has 0 spiro atoms. The molecule has 1 aromatic rings. The van der Waals surface area contributed by atoms with Gasteiger partial charge in [-0.2, -0.15) is 0 Å². The van der Waals surface area contributed by atoms with E-state index in [9.17, 15) is 18.3 Å². The van der Waals surface area contributed by atoms with Crippen LogP contribution in [0.3, 0.4) is 0 Å². The van der Waals surface area contributed by atoms with E-state index in [-0.39, 0.29) is 19.0 Å². The number of fused-ring (bicyclic) bond motifs is 2. The van der Waals surface area contributed by atoms with Gasteiger partial charge in [-0.05, 0) is 17.7 Å². The molecule has 0 aromatic heterocycles. The zero-order chi connectivity index (χ0) is 18.5. The average molecular weight is 382 g/mol. The Bertz CT molecular complexity index is 842. The summed E-state index contributed by atoms with van der Waals surface area (Å²) in [6.07, 6.45) is 1.14. The SMILES string of the molecule is CS(=O)(=O)N1C[C@H]2CN(Cc3ccc4c(c3)OCCO4)C[C@@]2(C(=O)O)C1. The van der Waals surface area contributed by atoms with Gasteiger partial charge in [-0.25, -0.2) is 12.7 Å². The fourth-order valence-electron chi connectivity index (χ4n) is 4.24. The number of nitrogens with zero attached hydrogens (tertiary/aromatic N) is 2. The molecule has 0 amide bonds. The van der Waals surface area contributed by atoms with E-state index in [2.05, 4.69) is 4.90 Å². The molecule has 0 bridgehead atoms. The van der Waals surface area contributed by atoms with Crippen molar-refractivity contribution in [1.29, 1.82) is 0 Å². The molecule has 0 aliphatic carbocycles. The van der Waals surface area contributed by atoms with Crippen LogP contribution in [0.1, 0.15) is 5.56 Å². The van der Waals surface area contributed by atoms with E-state index in [1.54, 1.807) is 0 Å².